The summed E-state index contributed by atoms with van der Waals surface area (Å²) in [5.74, 6) is 0. The number of ether oxygens (including phenoxy) is 1. The van der Waals surface area contributed by atoms with Gasteiger partial charge in [-0.05, 0) is 19.3 Å². The van der Waals surface area contributed by atoms with Crippen LogP contribution < -0.4 is 0 Å². The number of hydrogen-bond acceptors (Lipinski definition) is 4. The Kier molecular flexibility index (Phi) is 3.15. The first-order chi connectivity index (χ1) is 6.85. The largest absolute Gasteiger partial charge is 0.391 e. The summed E-state index contributed by atoms with van der Waals surface area (Å²) in [6, 6.07) is 0. The van der Waals surface area contributed by atoms with E-state index in [-0.39, 0.29) is 12.7 Å². The minimum Gasteiger partial charge on any atom is -0.391 e. The van der Waals surface area contributed by atoms with Gasteiger partial charge in [0.2, 0.25) is 0 Å². The van der Waals surface area contributed by atoms with Gasteiger partial charge in [-0.25, -0.2) is 4.98 Å². The van der Waals surface area contributed by atoms with E-state index in [1.807, 2.05) is 0 Å². The molecule has 1 N–H and O–H groups in total. The van der Waals surface area contributed by atoms with Gasteiger partial charge in [0, 0.05) is 6.61 Å². The van der Waals surface area contributed by atoms with E-state index in [1.54, 1.807) is 11.3 Å². The van der Waals surface area contributed by atoms with Crippen molar-refractivity contribution in [2.75, 3.05) is 6.61 Å². The highest BCUT2D eigenvalue weighted by molar-refractivity contribution is 7.11. The molecule has 1 saturated heterocycles. The Morgan fingerprint density at radius 3 is 3.00 bits per heavy atom. The van der Waals surface area contributed by atoms with Crippen LogP contribution in [0.15, 0.2) is 0 Å². The molecule has 1 aliphatic rings. The van der Waals surface area contributed by atoms with Crippen molar-refractivity contribution in [3.8, 4) is 0 Å². The van der Waals surface area contributed by atoms with Crippen molar-refractivity contribution in [3.63, 3.8) is 0 Å². The van der Waals surface area contributed by atoms with Crippen molar-refractivity contribution in [2.24, 2.45) is 0 Å². The predicted octanol–water partition coefficient (Wildman–Crippen LogP) is 2.05. The average molecular weight is 213 g/mol. The molecule has 1 fully saturated rings. The van der Waals surface area contributed by atoms with Crippen LogP contribution in [0, 0.1) is 0 Å². The lowest BCUT2D eigenvalue weighted by atomic mass is 10.2. The molecule has 1 aliphatic heterocycles. The lowest BCUT2D eigenvalue weighted by molar-refractivity contribution is 0.111. The minimum atomic E-state index is 0.105. The van der Waals surface area contributed by atoms with E-state index in [9.17, 15) is 0 Å². The van der Waals surface area contributed by atoms with Gasteiger partial charge in [0.25, 0.3) is 0 Å². The zero-order valence-corrected chi connectivity index (χ0v) is 9.14. The standard InChI is InChI=1S/C10H15NO2S/c1-2-7-9(6-12)14-10(11-7)8-4-3-5-13-8/h8,12H,2-6H2,1H3. The van der Waals surface area contributed by atoms with Crippen molar-refractivity contribution in [3.05, 3.63) is 15.6 Å². The maximum Gasteiger partial charge on any atom is 0.122 e. The van der Waals surface area contributed by atoms with Crippen LogP contribution in [0.25, 0.3) is 0 Å². The predicted molar refractivity (Wildman–Crippen MR) is 55.3 cm³/mol. The number of aromatic nitrogens is 1. The van der Waals surface area contributed by atoms with Gasteiger partial charge < -0.3 is 9.84 Å². The quantitative estimate of drug-likeness (QED) is 0.835. The molecule has 1 atom stereocenters. The molecule has 0 aliphatic carbocycles. The molecule has 0 amide bonds. The minimum absolute atomic E-state index is 0.105. The van der Waals surface area contributed by atoms with Crippen LogP contribution in [0.3, 0.4) is 0 Å². The van der Waals surface area contributed by atoms with Crippen LogP contribution in [-0.4, -0.2) is 16.7 Å². The van der Waals surface area contributed by atoms with E-state index < -0.39 is 0 Å². The van der Waals surface area contributed by atoms with Crippen LogP contribution >= 0.6 is 11.3 Å². The first-order valence-electron chi connectivity index (χ1n) is 5.06. The van der Waals surface area contributed by atoms with Gasteiger partial charge in [0.15, 0.2) is 0 Å². The summed E-state index contributed by atoms with van der Waals surface area (Å²) in [5, 5.41) is 10.2. The van der Waals surface area contributed by atoms with Crippen LogP contribution in [0.5, 0.6) is 0 Å². The highest BCUT2D eigenvalue weighted by atomic mass is 32.1. The Morgan fingerprint density at radius 1 is 1.64 bits per heavy atom. The number of thiazole rings is 1. The van der Waals surface area contributed by atoms with E-state index in [2.05, 4.69) is 11.9 Å². The normalized spacial score (nSPS) is 21.7. The van der Waals surface area contributed by atoms with Crippen LogP contribution in [-0.2, 0) is 17.8 Å². The summed E-state index contributed by atoms with van der Waals surface area (Å²) in [5.41, 5.74) is 1.03. The van der Waals surface area contributed by atoms with Gasteiger partial charge in [-0.2, -0.15) is 0 Å². The fourth-order valence-corrected chi connectivity index (χ4v) is 2.81. The van der Waals surface area contributed by atoms with Crippen LogP contribution in [0.2, 0.25) is 0 Å². The molecule has 0 saturated carbocycles. The maximum atomic E-state index is 9.14. The fourth-order valence-electron chi connectivity index (χ4n) is 1.71. The molecule has 4 heteroatoms. The van der Waals surface area contributed by atoms with Crippen molar-refractivity contribution >= 4 is 11.3 Å². The Bertz CT molecular complexity index is 284. The van der Waals surface area contributed by atoms with Gasteiger partial charge in [0.05, 0.1) is 17.2 Å². The van der Waals surface area contributed by atoms with Gasteiger partial charge in [-0.1, -0.05) is 6.92 Å². The summed E-state index contributed by atoms with van der Waals surface area (Å²) >= 11 is 1.60. The number of nitrogens with zero attached hydrogens (tertiary/aromatic N) is 1. The van der Waals surface area contributed by atoms with Crippen molar-refractivity contribution in [1.82, 2.24) is 4.98 Å². The van der Waals surface area contributed by atoms with Crippen molar-refractivity contribution in [1.29, 1.82) is 0 Å². The van der Waals surface area contributed by atoms with Gasteiger partial charge in [-0.3, -0.25) is 0 Å². The molecular weight excluding hydrogens is 198 g/mol. The number of rotatable bonds is 3. The van der Waals surface area contributed by atoms with Gasteiger partial charge >= 0.3 is 0 Å². The third kappa shape index (κ3) is 1.82. The van der Waals surface area contributed by atoms with Crippen LogP contribution in [0.1, 0.15) is 41.4 Å². The van der Waals surface area contributed by atoms with Gasteiger partial charge in [-0.15, -0.1) is 11.3 Å². The Hall–Kier alpha value is -0.450. The van der Waals surface area contributed by atoms with E-state index in [1.165, 1.54) is 0 Å². The molecule has 14 heavy (non-hydrogen) atoms. The molecular formula is C10H15NO2S. The number of aryl methyl sites for hydroxylation is 1. The number of aliphatic hydroxyl groups is 1. The SMILES string of the molecule is CCc1nc(C2CCCO2)sc1CO. The van der Waals surface area contributed by atoms with E-state index >= 15 is 0 Å². The van der Waals surface area contributed by atoms with Crippen molar-refractivity contribution < 1.29 is 9.84 Å². The zero-order chi connectivity index (χ0) is 9.97. The monoisotopic (exact) mass is 213 g/mol. The molecule has 2 heterocycles. The molecule has 1 unspecified atom stereocenters. The van der Waals surface area contributed by atoms with E-state index in [4.69, 9.17) is 9.84 Å². The lowest BCUT2D eigenvalue weighted by Gasteiger charge is -2.03. The highest BCUT2D eigenvalue weighted by Gasteiger charge is 2.22. The summed E-state index contributed by atoms with van der Waals surface area (Å²) in [4.78, 5) is 5.51. The Balaban J connectivity index is 2.21. The van der Waals surface area contributed by atoms with E-state index in [0.717, 1.165) is 41.4 Å². The molecule has 1 aromatic rings. The fraction of sp³-hybridized carbons (Fsp3) is 0.700. The summed E-state index contributed by atoms with van der Waals surface area (Å²) in [6.07, 6.45) is 3.27. The Labute approximate surface area is 87.7 Å². The lowest BCUT2D eigenvalue weighted by Crippen LogP contribution is -1.95. The van der Waals surface area contributed by atoms with Crippen LogP contribution in [0.4, 0.5) is 0 Å². The Morgan fingerprint density at radius 2 is 2.50 bits per heavy atom. The molecule has 0 bridgehead atoms. The molecule has 0 radical (unpaired) electrons. The van der Waals surface area contributed by atoms with E-state index in [0.29, 0.717) is 0 Å². The molecule has 0 spiro atoms. The smallest absolute Gasteiger partial charge is 0.122 e. The molecule has 78 valence electrons. The van der Waals surface area contributed by atoms with Gasteiger partial charge in [0.1, 0.15) is 11.1 Å². The second kappa shape index (κ2) is 4.38. The number of hydrogen-bond donors (Lipinski definition) is 1. The molecule has 2 rings (SSSR count). The summed E-state index contributed by atoms with van der Waals surface area (Å²) in [7, 11) is 0. The molecule has 3 nitrogen and oxygen atoms in total. The summed E-state index contributed by atoms with van der Waals surface area (Å²) in [6.45, 7) is 3.02. The first kappa shape index (κ1) is 10.1. The zero-order valence-electron chi connectivity index (χ0n) is 8.32. The van der Waals surface area contributed by atoms with Crippen molar-refractivity contribution in [2.45, 2.75) is 38.9 Å². The first-order valence-corrected chi connectivity index (χ1v) is 5.87. The summed E-state index contributed by atoms with van der Waals surface area (Å²) < 4.78 is 5.56. The third-order valence-corrected chi connectivity index (χ3v) is 3.65. The third-order valence-electron chi connectivity index (χ3n) is 2.48. The average Bonchev–Trinajstić information content (AvgIpc) is 2.85. The second-order valence-corrected chi connectivity index (χ2v) is 4.55. The number of aliphatic hydroxyl groups excluding tert-OH is 1. The highest BCUT2D eigenvalue weighted by Crippen LogP contribution is 2.33. The molecule has 0 aromatic carbocycles. The molecule has 1 aromatic heterocycles. The second-order valence-electron chi connectivity index (χ2n) is 3.44. The maximum absolute atomic E-state index is 9.14. The topological polar surface area (TPSA) is 42.4 Å².